The standard InChI is InChI=1S/C74H116O6/c1-4-7-10-13-16-19-22-25-28-30-31-32-33-34-35-36-37-38-39-40-41-42-43-45-46-49-52-55-58-61-64-67-73(76)79-70-71(69-78-72(75)66-63-60-57-54-51-48-27-24-21-18-15-12-9-6-3)80-74(77)68-65-62-59-56-53-50-47-44-29-26-23-20-17-14-11-8-5-2/h7-8,10-11,16-17,19-20,25-26,28-29,31-32,34-35,37-38,40-41,43,45,47,49-50,52,56,59,71H,4-6,9,12-15,18,21-24,27,30,33,36,39,42,44,46,48,51,53-55,57-58,60-70H2,1-3H3/b10-7-,11-8-,19-16-,20-17-,28-25-,29-26-,32-31-,35-34-,38-37-,41-40-,45-43-,50-47-,52-49-,59-56-. The van der Waals surface area contributed by atoms with Crippen molar-refractivity contribution in [1.82, 2.24) is 0 Å². The molecule has 80 heavy (non-hydrogen) atoms. The minimum atomic E-state index is -0.830. The summed E-state index contributed by atoms with van der Waals surface area (Å²) in [4.78, 5) is 38.3. The van der Waals surface area contributed by atoms with Crippen LogP contribution in [0.5, 0.6) is 0 Å². The van der Waals surface area contributed by atoms with Crippen LogP contribution in [-0.4, -0.2) is 37.2 Å². The van der Waals surface area contributed by atoms with Crippen molar-refractivity contribution in [2.24, 2.45) is 0 Å². The van der Waals surface area contributed by atoms with Gasteiger partial charge in [0.15, 0.2) is 6.10 Å². The summed E-state index contributed by atoms with van der Waals surface area (Å²) in [7, 11) is 0. The van der Waals surface area contributed by atoms with Crippen molar-refractivity contribution in [1.29, 1.82) is 0 Å². The van der Waals surface area contributed by atoms with Crippen LogP contribution in [0.1, 0.15) is 258 Å². The van der Waals surface area contributed by atoms with E-state index in [9.17, 15) is 14.4 Å². The van der Waals surface area contributed by atoms with Gasteiger partial charge in [-0.15, -0.1) is 0 Å². The van der Waals surface area contributed by atoms with Crippen molar-refractivity contribution in [3.05, 3.63) is 170 Å². The zero-order chi connectivity index (χ0) is 57.8. The Morgan fingerprint density at radius 1 is 0.263 bits per heavy atom. The molecule has 0 radical (unpaired) electrons. The highest BCUT2D eigenvalue weighted by Gasteiger charge is 2.19. The zero-order valence-electron chi connectivity index (χ0n) is 51.3. The van der Waals surface area contributed by atoms with Gasteiger partial charge < -0.3 is 14.2 Å². The zero-order valence-corrected chi connectivity index (χ0v) is 51.3. The summed E-state index contributed by atoms with van der Waals surface area (Å²) in [6, 6.07) is 0. The molecule has 6 nitrogen and oxygen atoms in total. The highest BCUT2D eigenvalue weighted by Crippen LogP contribution is 2.15. The summed E-state index contributed by atoms with van der Waals surface area (Å²) in [5, 5.41) is 0. The number of esters is 3. The lowest BCUT2D eigenvalue weighted by Crippen LogP contribution is -2.30. The second-order valence-electron chi connectivity index (χ2n) is 20.6. The summed E-state index contributed by atoms with van der Waals surface area (Å²) in [5.74, 6) is -1.01. The van der Waals surface area contributed by atoms with Crippen LogP contribution in [0.4, 0.5) is 0 Å². The lowest BCUT2D eigenvalue weighted by atomic mass is 10.0. The second kappa shape index (κ2) is 66.3. The molecule has 0 saturated heterocycles. The molecular weight excluding hydrogens is 985 g/mol. The van der Waals surface area contributed by atoms with E-state index in [1.54, 1.807) is 0 Å². The van der Waals surface area contributed by atoms with E-state index < -0.39 is 6.10 Å². The molecular formula is C74H116O6. The predicted molar refractivity (Wildman–Crippen MR) is 348 cm³/mol. The van der Waals surface area contributed by atoms with Crippen molar-refractivity contribution in [3.63, 3.8) is 0 Å². The van der Waals surface area contributed by atoms with Gasteiger partial charge in [-0.05, 0) is 128 Å². The Balaban J connectivity index is 4.47. The monoisotopic (exact) mass is 1100 g/mol. The molecule has 1 atom stereocenters. The molecule has 0 saturated carbocycles. The quantitative estimate of drug-likeness (QED) is 0.0261. The molecule has 0 bridgehead atoms. The molecule has 0 rings (SSSR count). The van der Waals surface area contributed by atoms with Crippen LogP contribution >= 0.6 is 0 Å². The SMILES string of the molecule is CC/C=C\C/C=C\C/C=C\C/C=C\C/C=C\C/C=C\C/C=C\C/C=C\C/C=C\CCCCCC(=O)OCC(COC(=O)CCCCCCCCCCCCCCCC)OC(=O)CCC/C=C\C/C=C\C/C=C\C/C=C\C/C=C\CC. The van der Waals surface area contributed by atoms with Gasteiger partial charge in [-0.25, -0.2) is 0 Å². The summed E-state index contributed by atoms with van der Waals surface area (Å²) in [6.45, 7) is 6.33. The van der Waals surface area contributed by atoms with E-state index in [2.05, 4.69) is 191 Å². The Kier molecular flexibility index (Phi) is 61.9. The van der Waals surface area contributed by atoms with Crippen molar-refractivity contribution in [2.45, 2.75) is 264 Å². The number of allylic oxidation sites excluding steroid dienone is 28. The fraction of sp³-hybridized carbons (Fsp3) is 0.581. The maximum atomic E-state index is 12.9. The van der Waals surface area contributed by atoms with Crippen LogP contribution in [0.25, 0.3) is 0 Å². The largest absolute Gasteiger partial charge is 0.462 e. The fourth-order valence-corrected chi connectivity index (χ4v) is 8.23. The predicted octanol–water partition coefficient (Wildman–Crippen LogP) is 22.3. The fourth-order valence-electron chi connectivity index (χ4n) is 8.23. The first kappa shape index (κ1) is 74.8. The van der Waals surface area contributed by atoms with Gasteiger partial charge in [-0.3, -0.25) is 14.4 Å². The molecule has 0 amide bonds. The molecule has 0 N–H and O–H groups in total. The maximum absolute atomic E-state index is 12.9. The van der Waals surface area contributed by atoms with Crippen molar-refractivity contribution < 1.29 is 28.6 Å². The average Bonchev–Trinajstić information content (AvgIpc) is 3.46. The summed E-state index contributed by atoms with van der Waals surface area (Å²) in [5.41, 5.74) is 0. The number of hydrogen-bond donors (Lipinski definition) is 0. The van der Waals surface area contributed by atoms with Gasteiger partial charge in [-0.1, -0.05) is 281 Å². The van der Waals surface area contributed by atoms with Gasteiger partial charge in [-0.2, -0.15) is 0 Å². The average molecular weight is 1100 g/mol. The molecule has 0 aliphatic rings. The topological polar surface area (TPSA) is 78.9 Å². The van der Waals surface area contributed by atoms with Gasteiger partial charge in [0, 0.05) is 19.3 Å². The highest BCUT2D eigenvalue weighted by molar-refractivity contribution is 5.71. The van der Waals surface area contributed by atoms with Gasteiger partial charge in [0.1, 0.15) is 13.2 Å². The van der Waals surface area contributed by atoms with E-state index in [1.165, 1.54) is 70.6 Å². The maximum Gasteiger partial charge on any atom is 0.306 e. The summed E-state index contributed by atoms with van der Waals surface area (Å²) in [6.07, 6.45) is 97.9. The third-order valence-electron chi connectivity index (χ3n) is 13.0. The second-order valence-corrected chi connectivity index (χ2v) is 20.6. The molecule has 0 heterocycles. The Morgan fingerprint density at radius 3 is 0.800 bits per heavy atom. The van der Waals surface area contributed by atoms with Crippen LogP contribution in [0.2, 0.25) is 0 Å². The van der Waals surface area contributed by atoms with Gasteiger partial charge in [0.2, 0.25) is 0 Å². The summed E-state index contributed by atoms with van der Waals surface area (Å²) >= 11 is 0. The molecule has 0 aromatic carbocycles. The highest BCUT2D eigenvalue weighted by atomic mass is 16.6. The Bertz CT molecular complexity index is 1840. The van der Waals surface area contributed by atoms with Crippen molar-refractivity contribution in [3.8, 4) is 0 Å². The van der Waals surface area contributed by atoms with Gasteiger partial charge in [0.25, 0.3) is 0 Å². The van der Waals surface area contributed by atoms with Crippen molar-refractivity contribution in [2.75, 3.05) is 13.2 Å². The smallest absolute Gasteiger partial charge is 0.306 e. The lowest BCUT2D eigenvalue weighted by molar-refractivity contribution is -0.167. The van der Waals surface area contributed by atoms with Crippen LogP contribution in [0.15, 0.2) is 170 Å². The summed E-state index contributed by atoms with van der Waals surface area (Å²) < 4.78 is 16.8. The molecule has 6 heteroatoms. The number of hydrogen-bond acceptors (Lipinski definition) is 6. The van der Waals surface area contributed by atoms with E-state index in [0.717, 1.165) is 141 Å². The minimum absolute atomic E-state index is 0.117. The molecule has 0 aliphatic carbocycles. The first-order valence-corrected chi connectivity index (χ1v) is 32.1. The first-order valence-electron chi connectivity index (χ1n) is 32.1. The van der Waals surface area contributed by atoms with Crippen LogP contribution in [-0.2, 0) is 28.6 Å². The third-order valence-corrected chi connectivity index (χ3v) is 13.0. The molecule has 0 spiro atoms. The van der Waals surface area contributed by atoms with Crippen molar-refractivity contribution >= 4 is 17.9 Å². The molecule has 1 unspecified atom stereocenters. The molecule has 0 aromatic heterocycles. The van der Waals surface area contributed by atoms with E-state index in [0.29, 0.717) is 19.3 Å². The molecule has 0 fully saturated rings. The molecule has 0 aliphatic heterocycles. The van der Waals surface area contributed by atoms with E-state index in [1.807, 2.05) is 0 Å². The Hall–Kier alpha value is -5.23. The normalized spacial score (nSPS) is 13.3. The number of unbranched alkanes of at least 4 members (excludes halogenated alkanes) is 17. The number of carbonyl (C=O) groups is 3. The first-order chi connectivity index (χ1) is 39.5. The number of carbonyl (C=O) groups excluding carboxylic acids is 3. The van der Waals surface area contributed by atoms with Gasteiger partial charge in [0.05, 0.1) is 0 Å². The van der Waals surface area contributed by atoms with Crippen LogP contribution in [0, 0.1) is 0 Å². The van der Waals surface area contributed by atoms with Crippen LogP contribution in [0.3, 0.4) is 0 Å². The van der Waals surface area contributed by atoms with E-state index in [-0.39, 0.29) is 37.5 Å². The Labute approximate surface area is 492 Å². The van der Waals surface area contributed by atoms with E-state index >= 15 is 0 Å². The Morgan fingerprint density at radius 2 is 0.500 bits per heavy atom. The number of ether oxygens (including phenoxy) is 3. The minimum Gasteiger partial charge on any atom is -0.462 e. The number of rotatable bonds is 56. The molecule has 0 aromatic rings. The van der Waals surface area contributed by atoms with Crippen LogP contribution < -0.4 is 0 Å². The van der Waals surface area contributed by atoms with Gasteiger partial charge >= 0.3 is 17.9 Å². The lowest BCUT2D eigenvalue weighted by Gasteiger charge is -2.18. The molecule has 448 valence electrons. The van der Waals surface area contributed by atoms with E-state index in [4.69, 9.17) is 14.2 Å². The third kappa shape index (κ3) is 63.6.